The number of piperidine rings is 1. The maximum atomic E-state index is 14.4. The van der Waals surface area contributed by atoms with Crippen LogP contribution in [-0.2, 0) is 11.3 Å². The summed E-state index contributed by atoms with van der Waals surface area (Å²) < 4.78 is 21.4. The number of nitro groups is 1. The quantitative estimate of drug-likeness (QED) is 0.572. The molecule has 0 saturated carbocycles. The molecule has 2 heterocycles. The van der Waals surface area contributed by atoms with Crippen LogP contribution < -0.4 is 5.32 Å². The molecule has 1 N–H and O–H groups in total. The standard InChI is InChI=1S/C21H28FN5O4/c1-14-10-26(13-23-14)16-7-15(8-17(9-16)27(29)30)11-25-6-5-18(22)19(12-25)24-20(28)31-21(2,3)4/h7-10,13,18-19H,5-6,11-12H2,1-4H3,(H,24,28)/t18-,19-/m1/s1. The second-order valence-corrected chi connectivity index (χ2v) is 8.83. The van der Waals surface area contributed by atoms with Crippen LogP contribution in [0.3, 0.4) is 0 Å². The number of non-ortho nitro benzene ring substituents is 1. The van der Waals surface area contributed by atoms with Crippen molar-refractivity contribution in [3.8, 4) is 5.69 Å². The smallest absolute Gasteiger partial charge is 0.408 e. The fourth-order valence-electron chi connectivity index (χ4n) is 3.55. The number of ether oxygens (including phenoxy) is 1. The van der Waals surface area contributed by atoms with Crippen LogP contribution in [0.25, 0.3) is 5.69 Å². The molecule has 2 aromatic rings. The number of imidazole rings is 1. The number of likely N-dealkylation sites (tertiary alicyclic amines) is 1. The van der Waals surface area contributed by atoms with Crippen LogP contribution in [-0.4, -0.2) is 56.4 Å². The lowest BCUT2D eigenvalue weighted by atomic mass is 10.0. The largest absolute Gasteiger partial charge is 0.444 e. The number of nitrogens with zero attached hydrogens (tertiary/aromatic N) is 4. The van der Waals surface area contributed by atoms with Crippen molar-refractivity contribution in [2.24, 2.45) is 0 Å². The summed E-state index contributed by atoms with van der Waals surface area (Å²) >= 11 is 0. The van der Waals surface area contributed by atoms with Crippen molar-refractivity contribution >= 4 is 11.8 Å². The summed E-state index contributed by atoms with van der Waals surface area (Å²) in [5.41, 5.74) is 1.46. The van der Waals surface area contributed by atoms with Gasteiger partial charge in [0, 0.05) is 38.0 Å². The van der Waals surface area contributed by atoms with Crippen LogP contribution in [0.1, 0.15) is 38.4 Å². The molecule has 1 amide bonds. The zero-order chi connectivity index (χ0) is 22.8. The van der Waals surface area contributed by atoms with Gasteiger partial charge in [0.05, 0.1) is 28.7 Å². The highest BCUT2D eigenvalue weighted by Gasteiger charge is 2.32. The molecule has 0 spiro atoms. The number of benzene rings is 1. The van der Waals surface area contributed by atoms with E-state index in [2.05, 4.69) is 10.3 Å². The Bertz CT molecular complexity index is 955. The second-order valence-electron chi connectivity index (χ2n) is 8.83. The Kier molecular flexibility index (Phi) is 6.59. The van der Waals surface area contributed by atoms with E-state index in [4.69, 9.17) is 4.74 Å². The van der Waals surface area contributed by atoms with Gasteiger partial charge in [-0.3, -0.25) is 15.0 Å². The first-order chi connectivity index (χ1) is 14.5. The van der Waals surface area contributed by atoms with Gasteiger partial charge in [0.2, 0.25) is 0 Å². The summed E-state index contributed by atoms with van der Waals surface area (Å²) in [5.74, 6) is 0. The third-order valence-electron chi connectivity index (χ3n) is 4.90. The number of nitrogens with one attached hydrogen (secondary N) is 1. The highest BCUT2D eigenvalue weighted by Crippen LogP contribution is 2.24. The van der Waals surface area contributed by atoms with Gasteiger partial charge in [-0.2, -0.15) is 0 Å². The van der Waals surface area contributed by atoms with E-state index in [9.17, 15) is 19.3 Å². The van der Waals surface area contributed by atoms with Crippen molar-refractivity contribution in [3.05, 3.63) is 52.1 Å². The van der Waals surface area contributed by atoms with Crippen molar-refractivity contribution in [3.63, 3.8) is 0 Å². The van der Waals surface area contributed by atoms with Crippen LogP contribution >= 0.6 is 0 Å². The number of hydrogen-bond acceptors (Lipinski definition) is 6. The van der Waals surface area contributed by atoms with Gasteiger partial charge < -0.3 is 14.6 Å². The SMILES string of the molecule is Cc1cn(-c2cc(CN3CC[C@@H](F)[C@H](NC(=O)OC(C)(C)C)C3)cc([N+](=O)[O-])c2)cn1. The van der Waals surface area contributed by atoms with E-state index in [0.717, 1.165) is 11.3 Å². The molecular weight excluding hydrogens is 405 g/mol. The van der Waals surface area contributed by atoms with Crippen molar-refractivity contribution in [1.82, 2.24) is 19.8 Å². The summed E-state index contributed by atoms with van der Waals surface area (Å²) in [6, 6.07) is 4.15. The molecule has 31 heavy (non-hydrogen) atoms. The maximum absolute atomic E-state index is 14.4. The van der Waals surface area contributed by atoms with E-state index in [0.29, 0.717) is 18.8 Å². The van der Waals surface area contributed by atoms with Crippen LogP contribution in [0.4, 0.5) is 14.9 Å². The van der Waals surface area contributed by atoms with E-state index in [1.165, 1.54) is 12.1 Å². The molecule has 1 aliphatic heterocycles. The molecule has 2 atom stereocenters. The van der Waals surface area contributed by atoms with Gasteiger partial charge in [-0.15, -0.1) is 0 Å². The number of hydrogen-bond donors (Lipinski definition) is 1. The number of alkyl halides is 1. The number of alkyl carbamates (subject to hydrolysis) is 1. The summed E-state index contributed by atoms with van der Waals surface area (Å²) in [6.07, 6.45) is 1.81. The van der Waals surface area contributed by atoms with E-state index in [-0.39, 0.29) is 18.7 Å². The lowest BCUT2D eigenvalue weighted by Gasteiger charge is -2.35. The normalized spacial score (nSPS) is 19.8. The van der Waals surface area contributed by atoms with Gasteiger partial charge >= 0.3 is 6.09 Å². The third kappa shape index (κ3) is 6.24. The first kappa shape index (κ1) is 22.7. The molecule has 1 saturated heterocycles. The predicted molar refractivity (Wildman–Crippen MR) is 113 cm³/mol. The fraction of sp³-hybridized carbons (Fsp3) is 0.524. The zero-order valence-corrected chi connectivity index (χ0v) is 18.2. The molecule has 0 unspecified atom stereocenters. The second kappa shape index (κ2) is 9.01. The Morgan fingerprint density at radius 2 is 2.13 bits per heavy atom. The number of aromatic nitrogens is 2. The molecule has 0 radical (unpaired) electrons. The zero-order valence-electron chi connectivity index (χ0n) is 18.2. The minimum Gasteiger partial charge on any atom is -0.444 e. The van der Waals surface area contributed by atoms with Crippen molar-refractivity contribution in [2.75, 3.05) is 13.1 Å². The highest BCUT2D eigenvalue weighted by molar-refractivity contribution is 5.68. The summed E-state index contributed by atoms with van der Waals surface area (Å²) in [7, 11) is 0. The number of aryl methyl sites for hydroxylation is 1. The van der Waals surface area contributed by atoms with Gasteiger partial charge in [0.25, 0.3) is 5.69 Å². The molecule has 1 aliphatic rings. The number of carbonyl (C=O) groups is 1. The van der Waals surface area contributed by atoms with Gasteiger partial charge in [-0.1, -0.05) is 0 Å². The number of halogens is 1. The Hall–Kier alpha value is -3.01. The molecule has 0 aliphatic carbocycles. The molecule has 1 fully saturated rings. The lowest BCUT2D eigenvalue weighted by Crippen LogP contribution is -2.54. The minimum absolute atomic E-state index is 0.0253. The van der Waals surface area contributed by atoms with E-state index in [1.807, 2.05) is 17.9 Å². The van der Waals surface area contributed by atoms with Crippen LogP contribution in [0.5, 0.6) is 0 Å². The number of amides is 1. The van der Waals surface area contributed by atoms with Gasteiger partial charge in [0.15, 0.2) is 0 Å². The molecule has 0 bridgehead atoms. The van der Waals surface area contributed by atoms with Crippen LogP contribution in [0, 0.1) is 17.0 Å². The van der Waals surface area contributed by atoms with Crippen LogP contribution in [0.2, 0.25) is 0 Å². The average molecular weight is 433 g/mol. The van der Waals surface area contributed by atoms with Crippen molar-refractivity contribution in [1.29, 1.82) is 0 Å². The monoisotopic (exact) mass is 433 g/mol. The van der Waals surface area contributed by atoms with E-state index >= 15 is 0 Å². The molecule has 168 valence electrons. The molecule has 3 rings (SSSR count). The fourth-order valence-corrected chi connectivity index (χ4v) is 3.55. The lowest BCUT2D eigenvalue weighted by molar-refractivity contribution is -0.384. The van der Waals surface area contributed by atoms with Gasteiger partial charge in [0.1, 0.15) is 11.8 Å². The third-order valence-corrected chi connectivity index (χ3v) is 4.90. The van der Waals surface area contributed by atoms with Crippen molar-refractivity contribution < 1.29 is 18.8 Å². The van der Waals surface area contributed by atoms with Gasteiger partial charge in [-0.05, 0) is 45.7 Å². The Labute approximate surface area is 180 Å². The Morgan fingerprint density at radius 3 is 2.74 bits per heavy atom. The Balaban J connectivity index is 1.74. The van der Waals surface area contributed by atoms with Crippen LogP contribution in [0.15, 0.2) is 30.7 Å². The maximum Gasteiger partial charge on any atom is 0.408 e. The predicted octanol–water partition coefficient (Wildman–Crippen LogP) is 3.53. The van der Waals surface area contributed by atoms with E-state index in [1.54, 1.807) is 37.9 Å². The first-order valence-electron chi connectivity index (χ1n) is 10.2. The molecule has 9 nitrogen and oxygen atoms in total. The summed E-state index contributed by atoms with van der Waals surface area (Å²) in [6.45, 7) is 8.23. The number of rotatable bonds is 5. The van der Waals surface area contributed by atoms with Crippen molar-refractivity contribution in [2.45, 2.75) is 58.5 Å². The molecule has 10 heteroatoms. The molecule has 1 aromatic carbocycles. The topological polar surface area (TPSA) is 103 Å². The summed E-state index contributed by atoms with van der Waals surface area (Å²) in [4.78, 5) is 29.2. The highest BCUT2D eigenvalue weighted by atomic mass is 19.1. The number of carbonyl (C=O) groups excluding carboxylic acids is 1. The Morgan fingerprint density at radius 1 is 1.39 bits per heavy atom. The minimum atomic E-state index is -1.18. The average Bonchev–Trinajstić information content (AvgIpc) is 3.09. The summed E-state index contributed by atoms with van der Waals surface area (Å²) in [5, 5.41) is 14.0. The number of nitro benzene ring substituents is 1. The molecule has 1 aromatic heterocycles. The van der Waals surface area contributed by atoms with E-state index < -0.39 is 28.8 Å². The van der Waals surface area contributed by atoms with Gasteiger partial charge in [-0.25, -0.2) is 14.2 Å². The molecular formula is C21H28FN5O4. The first-order valence-corrected chi connectivity index (χ1v) is 10.2.